The van der Waals surface area contributed by atoms with Crippen molar-refractivity contribution < 1.29 is 19.5 Å². The highest BCUT2D eigenvalue weighted by Crippen LogP contribution is 2.60. The van der Waals surface area contributed by atoms with E-state index in [0.29, 0.717) is 56.8 Å². The average Bonchev–Trinajstić information content (AvgIpc) is 2.98. The van der Waals surface area contributed by atoms with Gasteiger partial charge in [0.05, 0.1) is 29.2 Å². The molecule has 2 atom stereocenters. The minimum absolute atomic E-state index is 0.0734. The molecule has 6 aliphatic rings. The molecule has 4 saturated carbocycles. The molecule has 4 N–H and O–H groups in total. The SMILES string of the molecule is NC(=O)C12CC3CC(C1)C(NC(=O)N1CCN(c4ccc(N5CCC(C(=O)O)CC5)cn4)c4ccccc41)C(C3)C2. The molecule has 8 rings (SSSR count). The van der Waals surface area contributed by atoms with Crippen molar-refractivity contribution in [1.82, 2.24) is 10.3 Å². The summed E-state index contributed by atoms with van der Waals surface area (Å²) in [4.78, 5) is 48.4. The van der Waals surface area contributed by atoms with Gasteiger partial charge in [-0.25, -0.2) is 9.78 Å². The van der Waals surface area contributed by atoms with Gasteiger partial charge < -0.3 is 26.0 Å². The third-order valence-electron chi connectivity index (χ3n) is 10.6. The Morgan fingerprint density at radius 3 is 2.27 bits per heavy atom. The second-order valence-corrected chi connectivity index (χ2v) is 12.9. The number of carboxylic acids is 1. The number of piperidine rings is 1. The lowest BCUT2D eigenvalue weighted by molar-refractivity contribution is -0.145. The number of benzene rings is 1. The molecule has 2 aliphatic heterocycles. The number of aliphatic carboxylic acids is 1. The molecule has 0 spiro atoms. The van der Waals surface area contributed by atoms with Gasteiger partial charge >= 0.3 is 12.0 Å². The molecular formula is C31H38N6O4. The Hall–Kier alpha value is -3.82. The summed E-state index contributed by atoms with van der Waals surface area (Å²) in [6, 6.07) is 12.0. The van der Waals surface area contributed by atoms with E-state index in [1.165, 1.54) is 0 Å². The van der Waals surface area contributed by atoms with Crippen LogP contribution in [0.5, 0.6) is 0 Å². The number of rotatable bonds is 5. The molecule has 1 aromatic heterocycles. The van der Waals surface area contributed by atoms with Crippen LogP contribution in [-0.4, -0.2) is 60.2 Å². The summed E-state index contributed by atoms with van der Waals surface area (Å²) in [6.45, 7) is 2.57. The summed E-state index contributed by atoms with van der Waals surface area (Å²) in [5.74, 6) is 0.861. The first kappa shape index (κ1) is 26.1. The number of para-hydroxylation sites is 2. The van der Waals surface area contributed by atoms with Crippen LogP contribution in [0.15, 0.2) is 42.6 Å². The maximum Gasteiger partial charge on any atom is 0.322 e. The van der Waals surface area contributed by atoms with Gasteiger partial charge in [0.25, 0.3) is 0 Å². The largest absolute Gasteiger partial charge is 0.481 e. The van der Waals surface area contributed by atoms with E-state index in [9.17, 15) is 19.5 Å². The molecular weight excluding hydrogens is 520 g/mol. The second kappa shape index (κ2) is 9.92. The maximum absolute atomic E-state index is 13.7. The van der Waals surface area contributed by atoms with Crippen molar-refractivity contribution in [3.05, 3.63) is 42.6 Å². The summed E-state index contributed by atoms with van der Waals surface area (Å²) in [5, 5.41) is 12.7. The summed E-state index contributed by atoms with van der Waals surface area (Å²) in [6.07, 6.45) is 7.80. The predicted octanol–water partition coefficient (Wildman–Crippen LogP) is 3.73. The number of hydrogen-bond donors (Lipinski definition) is 3. The lowest BCUT2D eigenvalue weighted by atomic mass is 9.47. The Bertz CT molecular complexity index is 1340. The minimum Gasteiger partial charge on any atom is -0.481 e. The molecule has 10 nitrogen and oxygen atoms in total. The van der Waals surface area contributed by atoms with Crippen molar-refractivity contribution in [1.29, 1.82) is 0 Å². The number of carboxylic acid groups (broad SMARTS) is 1. The molecule has 4 bridgehead atoms. The maximum atomic E-state index is 13.7. The Kier molecular flexibility index (Phi) is 6.32. The first-order chi connectivity index (χ1) is 19.8. The zero-order valence-corrected chi connectivity index (χ0v) is 23.2. The summed E-state index contributed by atoms with van der Waals surface area (Å²) >= 11 is 0. The zero-order chi connectivity index (χ0) is 28.3. The quantitative estimate of drug-likeness (QED) is 0.509. The van der Waals surface area contributed by atoms with E-state index in [1.807, 2.05) is 41.4 Å². The first-order valence-corrected chi connectivity index (χ1v) is 15.0. The Morgan fingerprint density at radius 1 is 0.927 bits per heavy atom. The van der Waals surface area contributed by atoms with Crippen molar-refractivity contribution in [2.45, 2.75) is 51.0 Å². The van der Waals surface area contributed by atoms with Gasteiger partial charge in [0, 0.05) is 37.6 Å². The van der Waals surface area contributed by atoms with E-state index in [2.05, 4.69) is 21.2 Å². The molecule has 3 amide bonds. The molecule has 4 aliphatic carbocycles. The summed E-state index contributed by atoms with van der Waals surface area (Å²) in [5.41, 5.74) is 8.29. The molecule has 0 radical (unpaired) electrons. The number of amides is 3. The van der Waals surface area contributed by atoms with Crippen LogP contribution in [-0.2, 0) is 9.59 Å². The Morgan fingerprint density at radius 2 is 1.63 bits per heavy atom. The average molecular weight is 559 g/mol. The van der Waals surface area contributed by atoms with Gasteiger partial charge in [0.15, 0.2) is 0 Å². The number of carbonyl (C=O) groups excluding carboxylic acids is 2. The van der Waals surface area contributed by atoms with E-state index in [-0.39, 0.29) is 29.3 Å². The van der Waals surface area contributed by atoms with Crippen molar-refractivity contribution >= 4 is 40.8 Å². The Balaban J connectivity index is 1.05. The number of nitrogens with one attached hydrogen (secondary N) is 1. The van der Waals surface area contributed by atoms with Crippen LogP contribution in [0.2, 0.25) is 0 Å². The standard InChI is InChI=1S/C31H38N6O4/c32-29(40)31-15-19-13-21(16-31)27(22(14-19)17-31)34-30(41)37-12-11-36(24-3-1-2-4-25(24)37)26-6-5-23(18-33-26)35-9-7-20(8-10-35)28(38)39/h1-6,18-22,27H,7-17H2,(H2,32,40)(H,34,41)(H,38,39). The smallest absolute Gasteiger partial charge is 0.322 e. The number of pyridine rings is 1. The number of urea groups is 1. The highest BCUT2D eigenvalue weighted by molar-refractivity contribution is 5.98. The highest BCUT2D eigenvalue weighted by atomic mass is 16.4. The van der Waals surface area contributed by atoms with Gasteiger partial charge in [-0.3, -0.25) is 14.5 Å². The van der Waals surface area contributed by atoms with Crippen molar-refractivity contribution in [3.8, 4) is 0 Å². The molecule has 2 unspecified atom stereocenters. The van der Waals surface area contributed by atoms with E-state index in [1.54, 1.807) is 0 Å². The monoisotopic (exact) mass is 558 g/mol. The number of fused-ring (bicyclic) bond motifs is 1. The molecule has 2 aromatic rings. The first-order valence-electron chi connectivity index (χ1n) is 15.0. The van der Waals surface area contributed by atoms with Crippen molar-refractivity contribution in [2.24, 2.45) is 34.8 Å². The van der Waals surface area contributed by atoms with Gasteiger partial charge in [-0.1, -0.05) is 12.1 Å². The normalized spacial score (nSPS) is 30.7. The molecule has 1 saturated heterocycles. The minimum atomic E-state index is -0.709. The summed E-state index contributed by atoms with van der Waals surface area (Å²) < 4.78 is 0. The Labute approximate surface area is 239 Å². The van der Waals surface area contributed by atoms with Gasteiger partial charge in [-0.2, -0.15) is 0 Å². The molecule has 41 heavy (non-hydrogen) atoms. The van der Waals surface area contributed by atoms with Crippen LogP contribution < -0.4 is 25.8 Å². The van der Waals surface area contributed by atoms with Crippen LogP contribution in [0.1, 0.15) is 44.9 Å². The molecule has 5 fully saturated rings. The van der Waals surface area contributed by atoms with Crippen molar-refractivity contribution in [2.75, 3.05) is 40.9 Å². The third kappa shape index (κ3) is 4.48. The van der Waals surface area contributed by atoms with Gasteiger partial charge in [0.2, 0.25) is 5.91 Å². The zero-order valence-electron chi connectivity index (χ0n) is 23.2. The van der Waals surface area contributed by atoms with Crippen LogP contribution in [0.3, 0.4) is 0 Å². The van der Waals surface area contributed by atoms with E-state index >= 15 is 0 Å². The van der Waals surface area contributed by atoms with Crippen LogP contribution in [0.25, 0.3) is 0 Å². The lowest BCUT2D eigenvalue weighted by Gasteiger charge is -2.59. The van der Waals surface area contributed by atoms with Crippen molar-refractivity contribution in [3.63, 3.8) is 0 Å². The summed E-state index contributed by atoms with van der Waals surface area (Å²) in [7, 11) is 0. The fourth-order valence-corrected chi connectivity index (χ4v) is 8.70. The second-order valence-electron chi connectivity index (χ2n) is 12.9. The van der Waals surface area contributed by atoms with E-state index in [4.69, 9.17) is 10.7 Å². The molecule has 3 heterocycles. The number of nitrogens with two attached hydrogens (primary N) is 1. The third-order valence-corrected chi connectivity index (χ3v) is 10.6. The van der Waals surface area contributed by atoms with E-state index in [0.717, 1.165) is 55.0 Å². The van der Waals surface area contributed by atoms with Gasteiger partial charge in [-0.05, 0) is 87.0 Å². The van der Waals surface area contributed by atoms with E-state index < -0.39 is 5.97 Å². The molecule has 1 aromatic carbocycles. The lowest BCUT2D eigenvalue weighted by Crippen LogP contribution is -2.63. The fraction of sp³-hybridized carbons (Fsp3) is 0.548. The van der Waals surface area contributed by atoms with Gasteiger partial charge in [0.1, 0.15) is 5.82 Å². The molecule has 216 valence electrons. The molecule has 10 heteroatoms. The van der Waals surface area contributed by atoms with Crippen LogP contribution in [0.4, 0.5) is 27.7 Å². The number of hydrogen-bond acceptors (Lipinski definition) is 6. The van der Waals surface area contributed by atoms with Crippen LogP contribution >= 0.6 is 0 Å². The topological polar surface area (TPSA) is 132 Å². The highest BCUT2D eigenvalue weighted by Gasteiger charge is 2.58. The predicted molar refractivity (Wildman–Crippen MR) is 155 cm³/mol. The van der Waals surface area contributed by atoms with Gasteiger partial charge in [-0.15, -0.1) is 0 Å². The number of anilines is 4. The number of carbonyl (C=O) groups is 3. The van der Waals surface area contributed by atoms with Crippen LogP contribution in [0, 0.1) is 29.1 Å². The number of primary amides is 1. The number of aromatic nitrogens is 1. The number of nitrogens with zero attached hydrogens (tertiary/aromatic N) is 4. The fourth-order valence-electron chi connectivity index (χ4n) is 8.70.